The van der Waals surface area contributed by atoms with Gasteiger partial charge in [0.2, 0.25) is 0 Å². The SMILES string of the molecule is Cc1ccccc1NCCOc1cccc(CN)c1. The summed E-state index contributed by atoms with van der Waals surface area (Å²) in [6.07, 6.45) is 0. The zero-order valence-electron chi connectivity index (χ0n) is 11.2. The van der Waals surface area contributed by atoms with Gasteiger partial charge in [-0.05, 0) is 36.2 Å². The zero-order chi connectivity index (χ0) is 13.5. The van der Waals surface area contributed by atoms with Gasteiger partial charge in [0.25, 0.3) is 0 Å². The van der Waals surface area contributed by atoms with Crippen molar-refractivity contribution in [3.63, 3.8) is 0 Å². The quantitative estimate of drug-likeness (QED) is 0.781. The van der Waals surface area contributed by atoms with E-state index >= 15 is 0 Å². The molecule has 100 valence electrons. The Morgan fingerprint density at radius 1 is 1.11 bits per heavy atom. The Hall–Kier alpha value is -2.00. The van der Waals surface area contributed by atoms with Gasteiger partial charge in [-0.25, -0.2) is 0 Å². The van der Waals surface area contributed by atoms with Gasteiger partial charge >= 0.3 is 0 Å². The summed E-state index contributed by atoms with van der Waals surface area (Å²) in [6, 6.07) is 16.1. The number of benzene rings is 2. The van der Waals surface area contributed by atoms with Crippen LogP contribution in [0.5, 0.6) is 5.75 Å². The molecule has 2 aromatic rings. The van der Waals surface area contributed by atoms with Crippen molar-refractivity contribution in [2.24, 2.45) is 5.73 Å². The van der Waals surface area contributed by atoms with Gasteiger partial charge in [-0.3, -0.25) is 0 Å². The van der Waals surface area contributed by atoms with E-state index in [9.17, 15) is 0 Å². The number of hydrogen-bond donors (Lipinski definition) is 2. The maximum Gasteiger partial charge on any atom is 0.119 e. The third-order valence-corrected chi connectivity index (χ3v) is 2.97. The highest BCUT2D eigenvalue weighted by atomic mass is 16.5. The smallest absolute Gasteiger partial charge is 0.119 e. The van der Waals surface area contributed by atoms with Crippen molar-refractivity contribution in [1.82, 2.24) is 0 Å². The van der Waals surface area contributed by atoms with Crippen LogP contribution in [0.4, 0.5) is 5.69 Å². The molecule has 0 aliphatic rings. The number of ether oxygens (including phenoxy) is 1. The fourth-order valence-electron chi connectivity index (χ4n) is 1.89. The van der Waals surface area contributed by atoms with Gasteiger partial charge in [-0.1, -0.05) is 30.3 Å². The molecule has 3 nitrogen and oxygen atoms in total. The van der Waals surface area contributed by atoms with Gasteiger partial charge in [0.1, 0.15) is 12.4 Å². The summed E-state index contributed by atoms with van der Waals surface area (Å²) < 4.78 is 5.69. The standard InChI is InChI=1S/C16H20N2O/c1-13-5-2-3-8-16(13)18-9-10-19-15-7-4-6-14(11-15)12-17/h2-8,11,18H,9-10,12,17H2,1H3. The Labute approximate surface area is 114 Å². The van der Waals surface area contributed by atoms with E-state index in [0.717, 1.165) is 23.5 Å². The topological polar surface area (TPSA) is 47.3 Å². The lowest BCUT2D eigenvalue weighted by Gasteiger charge is -2.11. The predicted molar refractivity (Wildman–Crippen MR) is 79.5 cm³/mol. The highest BCUT2D eigenvalue weighted by Crippen LogP contribution is 2.14. The Morgan fingerprint density at radius 2 is 1.95 bits per heavy atom. The van der Waals surface area contributed by atoms with Crippen LogP contribution in [-0.4, -0.2) is 13.2 Å². The Bertz CT molecular complexity index is 526. The first-order valence-electron chi connectivity index (χ1n) is 6.51. The first-order valence-corrected chi connectivity index (χ1v) is 6.51. The molecule has 0 amide bonds. The third kappa shape index (κ3) is 4.00. The molecule has 3 heteroatoms. The molecule has 2 aromatic carbocycles. The number of rotatable bonds is 6. The largest absolute Gasteiger partial charge is 0.492 e. The summed E-state index contributed by atoms with van der Waals surface area (Å²) in [5.41, 5.74) is 9.08. The van der Waals surface area contributed by atoms with Crippen molar-refractivity contribution in [1.29, 1.82) is 0 Å². The van der Waals surface area contributed by atoms with E-state index in [2.05, 4.69) is 24.4 Å². The molecular weight excluding hydrogens is 236 g/mol. The lowest BCUT2D eigenvalue weighted by molar-refractivity contribution is 0.332. The lowest BCUT2D eigenvalue weighted by Crippen LogP contribution is -2.12. The molecule has 19 heavy (non-hydrogen) atoms. The maximum atomic E-state index is 5.69. The van der Waals surface area contributed by atoms with E-state index in [-0.39, 0.29) is 0 Å². The van der Waals surface area contributed by atoms with Gasteiger partial charge in [-0.2, -0.15) is 0 Å². The second kappa shape index (κ2) is 6.81. The van der Waals surface area contributed by atoms with Crippen molar-refractivity contribution in [3.8, 4) is 5.75 Å². The summed E-state index contributed by atoms with van der Waals surface area (Å²) >= 11 is 0. The minimum Gasteiger partial charge on any atom is -0.492 e. The summed E-state index contributed by atoms with van der Waals surface area (Å²) in [5.74, 6) is 0.870. The number of nitrogens with one attached hydrogen (secondary N) is 1. The Morgan fingerprint density at radius 3 is 2.74 bits per heavy atom. The molecule has 0 atom stereocenters. The number of aryl methyl sites for hydroxylation is 1. The van der Waals surface area contributed by atoms with Crippen molar-refractivity contribution < 1.29 is 4.74 Å². The molecule has 0 bridgehead atoms. The monoisotopic (exact) mass is 256 g/mol. The van der Waals surface area contributed by atoms with Crippen LogP contribution in [0, 0.1) is 6.92 Å². The maximum absolute atomic E-state index is 5.69. The zero-order valence-corrected chi connectivity index (χ0v) is 11.2. The van der Waals surface area contributed by atoms with Crippen LogP contribution < -0.4 is 15.8 Å². The molecule has 0 saturated carbocycles. The average Bonchev–Trinajstić information content (AvgIpc) is 2.45. The molecule has 0 aromatic heterocycles. The molecule has 2 rings (SSSR count). The van der Waals surface area contributed by atoms with E-state index in [4.69, 9.17) is 10.5 Å². The van der Waals surface area contributed by atoms with Gasteiger partial charge in [0.05, 0.1) is 0 Å². The fraction of sp³-hybridized carbons (Fsp3) is 0.250. The van der Waals surface area contributed by atoms with Crippen molar-refractivity contribution in [3.05, 3.63) is 59.7 Å². The van der Waals surface area contributed by atoms with Crippen molar-refractivity contribution >= 4 is 5.69 Å². The highest BCUT2D eigenvalue weighted by molar-refractivity contribution is 5.50. The molecule has 0 spiro atoms. The van der Waals surface area contributed by atoms with Crippen LogP contribution in [0.25, 0.3) is 0 Å². The molecule has 0 radical (unpaired) electrons. The van der Waals surface area contributed by atoms with Crippen LogP contribution in [0.1, 0.15) is 11.1 Å². The number of para-hydroxylation sites is 1. The molecule has 0 unspecified atom stereocenters. The highest BCUT2D eigenvalue weighted by Gasteiger charge is 1.97. The Balaban J connectivity index is 1.79. The Kier molecular flexibility index (Phi) is 4.81. The van der Waals surface area contributed by atoms with Crippen LogP contribution in [0.3, 0.4) is 0 Å². The van der Waals surface area contributed by atoms with Crippen molar-refractivity contribution in [2.75, 3.05) is 18.5 Å². The molecule has 0 saturated heterocycles. The van der Waals surface area contributed by atoms with E-state index in [1.54, 1.807) is 0 Å². The van der Waals surface area contributed by atoms with E-state index in [0.29, 0.717) is 13.2 Å². The molecule has 3 N–H and O–H groups in total. The van der Waals surface area contributed by atoms with Crippen LogP contribution in [-0.2, 0) is 6.54 Å². The average molecular weight is 256 g/mol. The van der Waals surface area contributed by atoms with Gasteiger partial charge in [0, 0.05) is 18.8 Å². The summed E-state index contributed by atoms with van der Waals surface area (Å²) in [5, 5.41) is 3.36. The van der Waals surface area contributed by atoms with Crippen LogP contribution >= 0.6 is 0 Å². The van der Waals surface area contributed by atoms with Gasteiger partial charge in [0.15, 0.2) is 0 Å². The number of hydrogen-bond acceptors (Lipinski definition) is 3. The normalized spacial score (nSPS) is 10.2. The third-order valence-electron chi connectivity index (χ3n) is 2.97. The van der Waals surface area contributed by atoms with Crippen LogP contribution in [0.2, 0.25) is 0 Å². The molecular formula is C16H20N2O. The second-order valence-corrected chi connectivity index (χ2v) is 4.44. The first-order chi connectivity index (χ1) is 9.29. The van der Waals surface area contributed by atoms with Crippen LogP contribution in [0.15, 0.2) is 48.5 Å². The molecule has 0 heterocycles. The van der Waals surface area contributed by atoms with E-state index in [1.165, 1.54) is 5.56 Å². The summed E-state index contributed by atoms with van der Waals surface area (Å²) in [6.45, 7) is 4.03. The summed E-state index contributed by atoms with van der Waals surface area (Å²) in [4.78, 5) is 0. The minimum absolute atomic E-state index is 0.540. The second-order valence-electron chi connectivity index (χ2n) is 4.44. The summed E-state index contributed by atoms with van der Waals surface area (Å²) in [7, 11) is 0. The van der Waals surface area contributed by atoms with E-state index < -0.39 is 0 Å². The van der Waals surface area contributed by atoms with E-state index in [1.807, 2.05) is 36.4 Å². The van der Waals surface area contributed by atoms with Crippen molar-refractivity contribution in [2.45, 2.75) is 13.5 Å². The number of anilines is 1. The molecule has 0 aliphatic carbocycles. The lowest BCUT2D eigenvalue weighted by atomic mass is 10.2. The molecule has 0 fully saturated rings. The number of nitrogens with two attached hydrogens (primary N) is 1. The fourth-order valence-corrected chi connectivity index (χ4v) is 1.89. The molecule has 0 aliphatic heterocycles. The predicted octanol–water partition coefficient (Wildman–Crippen LogP) is 2.94. The van der Waals surface area contributed by atoms with Gasteiger partial charge < -0.3 is 15.8 Å². The van der Waals surface area contributed by atoms with Gasteiger partial charge in [-0.15, -0.1) is 0 Å². The first kappa shape index (κ1) is 13.4. The minimum atomic E-state index is 0.540.